The molecule has 0 bridgehead atoms. The maximum Gasteiger partial charge on any atom is 0.341 e. The Bertz CT molecular complexity index is 1410. The van der Waals surface area contributed by atoms with Crippen molar-refractivity contribution in [2.45, 2.75) is 4.90 Å². The van der Waals surface area contributed by atoms with E-state index in [1.165, 1.54) is 12.1 Å². The molecular formula is C19H11N3O4S2. The Morgan fingerprint density at radius 3 is 2.64 bits per heavy atom. The monoisotopic (exact) mass is 409 g/mol. The molecular weight excluding hydrogens is 398 g/mol. The summed E-state index contributed by atoms with van der Waals surface area (Å²) >= 11 is 0.949. The van der Waals surface area contributed by atoms with Crippen LogP contribution in [0.1, 0.15) is 0 Å². The van der Waals surface area contributed by atoms with Crippen molar-refractivity contribution in [2.75, 3.05) is 0 Å². The second-order valence-corrected chi connectivity index (χ2v) is 8.02. The fraction of sp³-hybridized carbons (Fsp3) is 0. The normalized spacial score (nSPS) is 11.9. The molecule has 5 aromatic rings. The second-order valence-electron chi connectivity index (χ2n) is 5.98. The fourth-order valence-corrected chi connectivity index (χ4v) is 4.62. The van der Waals surface area contributed by atoms with Crippen LogP contribution in [0.4, 0.5) is 0 Å². The molecule has 0 unspecified atom stereocenters. The number of hydrogen-bond donors (Lipinski definition) is 0. The zero-order chi connectivity index (χ0) is 19.1. The number of hydrogen-bond acceptors (Lipinski definition) is 8. The maximum absolute atomic E-state index is 12.7. The third kappa shape index (κ3) is 2.81. The van der Waals surface area contributed by atoms with Gasteiger partial charge in [0, 0.05) is 17.0 Å². The second kappa shape index (κ2) is 6.39. The summed E-state index contributed by atoms with van der Waals surface area (Å²) in [6, 6.07) is 19.1. The van der Waals surface area contributed by atoms with Gasteiger partial charge in [-0.25, -0.2) is 0 Å². The maximum atomic E-state index is 12.7. The van der Waals surface area contributed by atoms with Crippen molar-refractivity contribution < 1.29 is 17.1 Å². The third-order valence-corrected chi connectivity index (χ3v) is 6.04. The number of rotatable bonds is 4. The number of nitrogens with zero attached hydrogens (tertiary/aromatic N) is 3. The summed E-state index contributed by atoms with van der Waals surface area (Å²) in [5.41, 5.74) is 2.82. The summed E-state index contributed by atoms with van der Waals surface area (Å²) < 4.78 is 44.3. The zero-order valence-corrected chi connectivity index (χ0v) is 15.8. The Labute approximate surface area is 163 Å². The SMILES string of the molecule is O=S(=O)(Oc1ccc2c(-c3ccccc3)noc2c1)c1cccc2nsnc12. The van der Waals surface area contributed by atoms with Gasteiger partial charge in [0.15, 0.2) is 5.58 Å². The molecule has 0 aliphatic rings. The molecule has 0 aliphatic carbocycles. The molecule has 5 rings (SSSR count). The topological polar surface area (TPSA) is 95.2 Å². The predicted molar refractivity (Wildman–Crippen MR) is 105 cm³/mol. The summed E-state index contributed by atoms with van der Waals surface area (Å²) in [5.74, 6) is 0.128. The van der Waals surface area contributed by atoms with Gasteiger partial charge in [0.05, 0.1) is 11.7 Å². The molecule has 0 saturated heterocycles. The van der Waals surface area contributed by atoms with E-state index in [0.29, 0.717) is 22.3 Å². The highest BCUT2D eigenvalue weighted by Crippen LogP contribution is 2.32. The minimum atomic E-state index is -4.08. The summed E-state index contributed by atoms with van der Waals surface area (Å²) in [7, 11) is -4.08. The van der Waals surface area contributed by atoms with Gasteiger partial charge in [-0.15, -0.1) is 0 Å². The van der Waals surface area contributed by atoms with Crippen LogP contribution in [0.2, 0.25) is 0 Å². The van der Waals surface area contributed by atoms with E-state index in [4.69, 9.17) is 8.71 Å². The molecule has 7 nitrogen and oxygen atoms in total. The number of aromatic nitrogens is 3. The molecule has 2 heterocycles. The van der Waals surface area contributed by atoms with Crippen molar-refractivity contribution in [3.8, 4) is 17.0 Å². The van der Waals surface area contributed by atoms with Gasteiger partial charge in [-0.3, -0.25) is 0 Å². The van der Waals surface area contributed by atoms with Crippen LogP contribution in [-0.2, 0) is 10.1 Å². The Morgan fingerprint density at radius 1 is 0.929 bits per heavy atom. The minimum absolute atomic E-state index is 0.0265. The van der Waals surface area contributed by atoms with Gasteiger partial charge < -0.3 is 8.71 Å². The fourth-order valence-electron chi connectivity index (χ4n) is 2.93. The van der Waals surface area contributed by atoms with Crippen molar-refractivity contribution in [1.82, 2.24) is 13.9 Å². The Hall–Kier alpha value is -3.30. The smallest absolute Gasteiger partial charge is 0.341 e. The molecule has 138 valence electrons. The van der Waals surface area contributed by atoms with E-state index in [9.17, 15) is 8.42 Å². The van der Waals surface area contributed by atoms with E-state index >= 15 is 0 Å². The van der Waals surface area contributed by atoms with Crippen LogP contribution in [0, 0.1) is 0 Å². The molecule has 0 spiro atoms. The van der Waals surface area contributed by atoms with Crippen LogP contribution in [0.5, 0.6) is 5.75 Å². The molecule has 0 saturated carbocycles. The van der Waals surface area contributed by atoms with Crippen LogP contribution in [0.3, 0.4) is 0 Å². The van der Waals surface area contributed by atoms with Crippen LogP contribution in [0.25, 0.3) is 33.3 Å². The first kappa shape index (κ1) is 16.8. The van der Waals surface area contributed by atoms with Gasteiger partial charge in [0.2, 0.25) is 0 Å². The molecule has 3 aromatic carbocycles. The molecule has 2 aromatic heterocycles. The highest BCUT2D eigenvalue weighted by atomic mass is 32.2. The minimum Gasteiger partial charge on any atom is -0.379 e. The molecule has 0 fully saturated rings. The van der Waals surface area contributed by atoms with Crippen LogP contribution in [-0.4, -0.2) is 22.3 Å². The quantitative estimate of drug-likeness (QED) is 0.409. The Kier molecular flexibility index (Phi) is 3.85. The molecule has 0 amide bonds. The molecule has 0 atom stereocenters. The molecule has 0 radical (unpaired) electrons. The van der Waals surface area contributed by atoms with Gasteiger partial charge in [-0.1, -0.05) is 41.6 Å². The standard InChI is InChI=1S/C19H11N3O4S2/c23-28(24,17-8-4-7-15-19(17)22-27-21-15)26-13-9-10-14-16(11-13)25-20-18(14)12-5-2-1-3-6-12/h1-11H. The molecule has 0 N–H and O–H groups in total. The summed E-state index contributed by atoms with van der Waals surface area (Å²) in [6.07, 6.45) is 0. The lowest BCUT2D eigenvalue weighted by Crippen LogP contribution is -2.10. The summed E-state index contributed by atoms with van der Waals surface area (Å²) in [5, 5.41) is 4.86. The first-order valence-electron chi connectivity index (χ1n) is 8.22. The van der Waals surface area contributed by atoms with Gasteiger partial charge in [0.1, 0.15) is 27.4 Å². The average Bonchev–Trinajstić information content (AvgIpc) is 3.34. The van der Waals surface area contributed by atoms with E-state index in [2.05, 4.69) is 13.9 Å². The van der Waals surface area contributed by atoms with E-state index in [0.717, 1.165) is 22.7 Å². The average molecular weight is 409 g/mol. The first-order chi connectivity index (χ1) is 13.6. The summed E-state index contributed by atoms with van der Waals surface area (Å²) in [4.78, 5) is -0.0265. The third-order valence-electron chi connectivity index (χ3n) is 4.21. The zero-order valence-electron chi connectivity index (χ0n) is 14.1. The number of fused-ring (bicyclic) bond motifs is 2. The highest BCUT2D eigenvalue weighted by molar-refractivity contribution is 7.87. The van der Waals surface area contributed by atoms with Gasteiger partial charge >= 0.3 is 10.1 Å². The van der Waals surface area contributed by atoms with E-state index in [1.54, 1.807) is 24.3 Å². The lowest BCUT2D eigenvalue weighted by atomic mass is 10.1. The lowest BCUT2D eigenvalue weighted by molar-refractivity contribution is 0.456. The van der Waals surface area contributed by atoms with Crippen molar-refractivity contribution in [3.05, 3.63) is 66.7 Å². The van der Waals surface area contributed by atoms with Crippen molar-refractivity contribution in [1.29, 1.82) is 0 Å². The van der Waals surface area contributed by atoms with Crippen LogP contribution >= 0.6 is 11.7 Å². The molecule has 9 heteroatoms. The first-order valence-corrected chi connectivity index (χ1v) is 10.4. The van der Waals surface area contributed by atoms with Crippen molar-refractivity contribution >= 4 is 43.8 Å². The van der Waals surface area contributed by atoms with E-state index < -0.39 is 10.1 Å². The van der Waals surface area contributed by atoms with Gasteiger partial charge in [-0.05, 0) is 24.3 Å². The van der Waals surface area contributed by atoms with Crippen molar-refractivity contribution in [3.63, 3.8) is 0 Å². The molecule has 28 heavy (non-hydrogen) atoms. The predicted octanol–water partition coefficient (Wildman–Crippen LogP) is 4.27. The largest absolute Gasteiger partial charge is 0.379 e. The van der Waals surface area contributed by atoms with Gasteiger partial charge in [0.25, 0.3) is 0 Å². The Morgan fingerprint density at radius 2 is 1.79 bits per heavy atom. The van der Waals surface area contributed by atoms with Gasteiger partial charge in [-0.2, -0.15) is 17.2 Å². The van der Waals surface area contributed by atoms with Crippen molar-refractivity contribution in [2.24, 2.45) is 0 Å². The number of benzene rings is 3. The highest BCUT2D eigenvalue weighted by Gasteiger charge is 2.22. The molecule has 0 aliphatic heterocycles. The summed E-state index contributed by atoms with van der Waals surface area (Å²) in [6.45, 7) is 0. The van der Waals surface area contributed by atoms with Crippen LogP contribution < -0.4 is 4.18 Å². The Balaban J connectivity index is 1.53. The lowest BCUT2D eigenvalue weighted by Gasteiger charge is -2.07. The van der Waals surface area contributed by atoms with E-state index in [-0.39, 0.29) is 10.6 Å². The van der Waals surface area contributed by atoms with E-state index in [1.807, 2.05) is 30.3 Å². The van der Waals surface area contributed by atoms with Crippen LogP contribution in [0.15, 0.2) is 76.1 Å².